The lowest BCUT2D eigenvalue weighted by Gasteiger charge is -2.61. The van der Waals surface area contributed by atoms with Gasteiger partial charge >= 0.3 is 0 Å². The molecule has 178 valence electrons. The fourth-order valence-corrected chi connectivity index (χ4v) is 8.85. The van der Waals surface area contributed by atoms with Crippen LogP contribution in [0.1, 0.15) is 85.5 Å². The van der Waals surface area contributed by atoms with Crippen molar-refractivity contribution in [3.05, 3.63) is 11.6 Å². The van der Waals surface area contributed by atoms with Gasteiger partial charge in [0, 0.05) is 23.9 Å². The van der Waals surface area contributed by atoms with Crippen LogP contribution in [0.25, 0.3) is 0 Å². The largest absolute Gasteiger partial charge is 0.396 e. The fraction of sp³-hybridized carbons (Fsp3) is 0.926. The Morgan fingerprint density at radius 2 is 1.84 bits per heavy atom. The molecule has 0 radical (unpaired) electrons. The van der Waals surface area contributed by atoms with Crippen molar-refractivity contribution < 1.29 is 20.4 Å². The molecule has 0 spiro atoms. The molecular weight excluding hydrogens is 388 g/mol. The number of allylic oxidation sites excluding steroid dienone is 1. The molecule has 0 aromatic rings. The summed E-state index contributed by atoms with van der Waals surface area (Å²) in [7, 11) is 0. The molecule has 0 aromatic heterocycles. The van der Waals surface area contributed by atoms with Crippen molar-refractivity contribution >= 4 is 0 Å². The van der Waals surface area contributed by atoms with Crippen LogP contribution in [0.5, 0.6) is 0 Å². The standard InChI is InChI=1S/C27H46O4/c1-16(2)6-5-7-17(3)21-10-11-22-20-9-8-18-12-19(29)13-24(31)26(18,4)25(20)23(30)14-27(21,22)15-28/h8,16-17,19-25,28-31H,5-7,9-15H2,1-4H3/t17-,19-,20+,21-,22+,23-,24+,25-,26-,27+/m1/s1. The maximum absolute atomic E-state index is 11.6. The van der Waals surface area contributed by atoms with Crippen molar-refractivity contribution in [1.82, 2.24) is 0 Å². The SMILES string of the molecule is CC(C)CCC[C@@H](C)[C@H]1CC[C@H]2[C@@H]3CC=C4C[C@@H](O)C[C@H](O)[C@]4(C)[C@H]3[C@H](O)C[C@]12CO. The van der Waals surface area contributed by atoms with E-state index in [0.717, 1.165) is 30.8 Å². The van der Waals surface area contributed by atoms with Gasteiger partial charge in [-0.2, -0.15) is 0 Å². The van der Waals surface area contributed by atoms with E-state index < -0.39 is 23.7 Å². The lowest BCUT2D eigenvalue weighted by Crippen LogP contribution is -2.61. The maximum atomic E-state index is 11.6. The monoisotopic (exact) mass is 434 g/mol. The van der Waals surface area contributed by atoms with E-state index >= 15 is 0 Å². The van der Waals surface area contributed by atoms with E-state index in [9.17, 15) is 20.4 Å². The zero-order chi connectivity index (χ0) is 22.6. The zero-order valence-electron chi connectivity index (χ0n) is 20.1. The van der Waals surface area contributed by atoms with Gasteiger partial charge < -0.3 is 20.4 Å². The highest BCUT2D eigenvalue weighted by Gasteiger charge is 2.65. The van der Waals surface area contributed by atoms with Crippen LogP contribution in [0, 0.1) is 46.3 Å². The Hall–Kier alpha value is -0.420. The molecule has 0 aliphatic heterocycles. The van der Waals surface area contributed by atoms with Crippen molar-refractivity contribution in [3.8, 4) is 0 Å². The molecule has 0 amide bonds. The highest BCUT2D eigenvalue weighted by atomic mass is 16.3. The van der Waals surface area contributed by atoms with Crippen LogP contribution in [0.15, 0.2) is 11.6 Å². The maximum Gasteiger partial charge on any atom is 0.0659 e. The van der Waals surface area contributed by atoms with Crippen LogP contribution < -0.4 is 0 Å². The molecule has 4 aliphatic carbocycles. The molecule has 31 heavy (non-hydrogen) atoms. The lowest BCUT2D eigenvalue weighted by molar-refractivity contribution is -0.172. The van der Waals surface area contributed by atoms with Gasteiger partial charge in [-0.1, -0.05) is 58.6 Å². The van der Waals surface area contributed by atoms with E-state index in [2.05, 4.69) is 33.8 Å². The molecule has 4 heteroatoms. The molecule has 0 aromatic carbocycles. The van der Waals surface area contributed by atoms with E-state index in [1.807, 2.05) is 0 Å². The second-order valence-corrected chi connectivity index (χ2v) is 12.3. The third-order valence-corrected chi connectivity index (χ3v) is 10.3. The average molecular weight is 435 g/mol. The minimum atomic E-state index is -0.612. The topological polar surface area (TPSA) is 80.9 Å². The molecule has 0 saturated heterocycles. The minimum absolute atomic E-state index is 0.0228. The summed E-state index contributed by atoms with van der Waals surface area (Å²) >= 11 is 0. The van der Waals surface area contributed by atoms with E-state index in [4.69, 9.17) is 0 Å². The summed E-state index contributed by atoms with van der Waals surface area (Å²) in [6.07, 6.45) is 9.25. The molecule has 4 aliphatic rings. The molecule has 0 bridgehead atoms. The third kappa shape index (κ3) is 3.74. The summed E-state index contributed by atoms with van der Waals surface area (Å²) in [4.78, 5) is 0. The molecule has 0 heterocycles. The predicted molar refractivity (Wildman–Crippen MR) is 123 cm³/mol. The van der Waals surface area contributed by atoms with Crippen molar-refractivity contribution in [1.29, 1.82) is 0 Å². The normalized spacial score (nSPS) is 48.0. The molecule has 4 nitrogen and oxygen atoms in total. The highest BCUT2D eigenvalue weighted by Crippen LogP contribution is 2.67. The number of rotatable bonds is 6. The Balaban J connectivity index is 1.60. The second kappa shape index (κ2) is 8.74. The molecule has 3 saturated carbocycles. The van der Waals surface area contributed by atoms with Gasteiger partial charge in [-0.3, -0.25) is 0 Å². The summed E-state index contributed by atoms with van der Waals surface area (Å²) in [5.74, 6) is 2.52. The zero-order valence-corrected chi connectivity index (χ0v) is 20.1. The highest BCUT2D eigenvalue weighted by molar-refractivity contribution is 5.29. The quantitative estimate of drug-likeness (QED) is 0.470. The summed E-state index contributed by atoms with van der Waals surface area (Å²) in [6, 6.07) is 0. The molecule has 10 atom stereocenters. The summed E-state index contributed by atoms with van der Waals surface area (Å²) < 4.78 is 0. The van der Waals surface area contributed by atoms with Crippen molar-refractivity contribution in [2.75, 3.05) is 6.61 Å². The minimum Gasteiger partial charge on any atom is -0.396 e. The average Bonchev–Trinajstić information content (AvgIpc) is 3.08. The number of hydrogen-bond donors (Lipinski definition) is 4. The van der Waals surface area contributed by atoms with Crippen molar-refractivity contribution in [2.45, 2.75) is 104 Å². The van der Waals surface area contributed by atoms with Crippen LogP contribution >= 0.6 is 0 Å². The van der Waals surface area contributed by atoms with Crippen LogP contribution in [0.4, 0.5) is 0 Å². The first-order chi connectivity index (χ1) is 14.6. The Bertz CT molecular complexity index is 674. The Labute approximate surface area is 189 Å². The van der Waals surface area contributed by atoms with Gasteiger partial charge in [0.15, 0.2) is 0 Å². The van der Waals surface area contributed by atoms with Gasteiger partial charge in [0.2, 0.25) is 0 Å². The second-order valence-electron chi connectivity index (χ2n) is 12.3. The van der Waals surface area contributed by atoms with Crippen LogP contribution in [-0.2, 0) is 0 Å². The van der Waals surface area contributed by atoms with Crippen molar-refractivity contribution in [2.24, 2.45) is 46.3 Å². The first-order valence-corrected chi connectivity index (χ1v) is 13.0. The van der Waals surface area contributed by atoms with Gasteiger partial charge in [0.25, 0.3) is 0 Å². The molecular formula is C27H46O4. The fourth-order valence-electron chi connectivity index (χ4n) is 8.85. The Kier molecular flexibility index (Phi) is 6.69. The first-order valence-electron chi connectivity index (χ1n) is 13.0. The number of fused-ring (bicyclic) bond motifs is 5. The predicted octanol–water partition coefficient (Wildman–Crippen LogP) is 4.30. The number of hydrogen-bond acceptors (Lipinski definition) is 4. The van der Waals surface area contributed by atoms with Crippen LogP contribution in [-0.4, -0.2) is 45.3 Å². The molecule has 0 unspecified atom stereocenters. The third-order valence-electron chi connectivity index (χ3n) is 10.3. The number of aliphatic hydroxyl groups is 4. The summed E-state index contributed by atoms with van der Waals surface area (Å²) in [6.45, 7) is 9.24. The van der Waals surface area contributed by atoms with E-state index in [1.54, 1.807) is 0 Å². The van der Waals surface area contributed by atoms with Gasteiger partial charge in [-0.05, 0) is 67.6 Å². The van der Waals surface area contributed by atoms with E-state index in [1.165, 1.54) is 19.3 Å². The smallest absolute Gasteiger partial charge is 0.0659 e. The molecule has 3 fully saturated rings. The molecule has 4 N–H and O–H groups in total. The van der Waals surface area contributed by atoms with Gasteiger partial charge in [0.1, 0.15) is 0 Å². The lowest BCUT2D eigenvalue weighted by atomic mass is 9.45. The van der Waals surface area contributed by atoms with E-state index in [-0.39, 0.29) is 17.9 Å². The van der Waals surface area contributed by atoms with Gasteiger partial charge in [-0.15, -0.1) is 0 Å². The summed E-state index contributed by atoms with van der Waals surface area (Å²) in [5.41, 5.74) is 0.509. The molecule has 4 rings (SSSR count). The van der Waals surface area contributed by atoms with Gasteiger partial charge in [0.05, 0.1) is 18.3 Å². The summed E-state index contributed by atoms with van der Waals surface area (Å²) in [5, 5.41) is 43.6. The first kappa shape index (κ1) is 23.7. The van der Waals surface area contributed by atoms with E-state index in [0.29, 0.717) is 42.9 Å². The van der Waals surface area contributed by atoms with Crippen LogP contribution in [0.3, 0.4) is 0 Å². The Morgan fingerprint density at radius 3 is 2.52 bits per heavy atom. The van der Waals surface area contributed by atoms with Crippen molar-refractivity contribution in [3.63, 3.8) is 0 Å². The number of aliphatic hydroxyl groups excluding tert-OH is 4. The van der Waals surface area contributed by atoms with Gasteiger partial charge in [-0.25, -0.2) is 0 Å². The Morgan fingerprint density at radius 1 is 1.10 bits per heavy atom. The van der Waals surface area contributed by atoms with Crippen LogP contribution in [0.2, 0.25) is 0 Å².